The van der Waals surface area contributed by atoms with Crippen molar-refractivity contribution in [2.45, 2.75) is 13.5 Å². The highest BCUT2D eigenvalue weighted by molar-refractivity contribution is 9.10. The van der Waals surface area contributed by atoms with Crippen LogP contribution in [0, 0.1) is 0 Å². The molecule has 1 heterocycles. The Balaban J connectivity index is 1.60. The molecule has 32 heavy (non-hydrogen) atoms. The van der Waals surface area contributed by atoms with E-state index in [2.05, 4.69) is 20.9 Å². The first kappa shape index (κ1) is 22.1. The second-order valence-electron chi connectivity index (χ2n) is 6.88. The lowest BCUT2D eigenvalue weighted by Gasteiger charge is -2.14. The molecule has 0 saturated carbocycles. The van der Waals surface area contributed by atoms with Gasteiger partial charge in [-0.15, -0.1) is 0 Å². The molecule has 0 spiro atoms. The highest BCUT2D eigenvalue weighted by atomic mass is 79.9. The van der Waals surface area contributed by atoms with Gasteiger partial charge in [0, 0.05) is 10.0 Å². The van der Waals surface area contributed by atoms with Gasteiger partial charge in [-0.3, -0.25) is 0 Å². The summed E-state index contributed by atoms with van der Waals surface area (Å²) in [5, 5.41) is 0.374. The van der Waals surface area contributed by atoms with Gasteiger partial charge in [-0.2, -0.15) is 0 Å². The molecular formula is C25H19BrClNO4. The predicted molar refractivity (Wildman–Crippen MR) is 128 cm³/mol. The van der Waals surface area contributed by atoms with Crippen LogP contribution in [-0.2, 0) is 16.1 Å². The van der Waals surface area contributed by atoms with Gasteiger partial charge in [-0.1, -0.05) is 57.9 Å². The van der Waals surface area contributed by atoms with E-state index in [-0.39, 0.29) is 11.6 Å². The van der Waals surface area contributed by atoms with Crippen LogP contribution < -0.4 is 9.47 Å². The van der Waals surface area contributed by atoms with Crippen LogP contribution in [0.25, 0.3) is 6.08 Å². The van der Waals surface area contributed by atoms with E-state index in [9.17, 15) is 4.79 Å². The monoisotopic (exact) mass is 511 g/mol. The number of carbonyl (C=O) groups excluding carboxylic acids is 1. The van der Waals surface area contributed by atoms with Crippen molar-refractivity contribution in [2.24, 2.45) is 4.99 Å². The number of carbonyl (C=O) groups is 1. The zero-order valence-electron chi connectivity index (χ0n) is 17.2. The molecule has 0 aliphatic carbocycles. The minimum Gasteiger partial charge on any atom is -0.490 e. The molecule has 0 aromatic heterocycles. The lowest BCUT2D eigenvalue weighted by Crippen LogP contribution is -2.05. The van der Waals surface area contributed by atoms with Crippen molar-refractivity contribution in [3.05, 3.63) is 98.6 Å². The van der Waals surface area contributed by atoms with Crippen LogP contribution in [0.1, 0.15) is 23.6 Å². The Morgan fingerprint density at radius 2 is 1.81 bits per heavy atom. The van der Waals surface area contributed by atoms with Gasteiger partial charge in [0.15, 0.2) is 17.2 Å². The van der Waals surface area contributed by atoms with E-state index < -0.39 is 5.97 Å². The van der Waals surface area contributed by atoms with E-state index in [1.807, 2.05) is 61.5 Å². The number of aliphatic imine (C=N–C) groups is 1. The molecule has 0 unspecified atom stereocenters. The average Bonchev–Trinajstić information content (AvgIpc) is 3.15. The SMILES string of the molecule is CCOc1cc(/C=C2\N=C(c3ccccc3)OC2=O)cc(Cl)c1OCc1ccc(Br)cc1. The molecule has 3 aromatic rings. The molecule has 4 rings (SSSR count). The average molecular weight is 513 g/mol. The zero-order chi connectivity index (χ0) is 22.5. The van der Waals surface area contributed by atoms with Gasteiger partial charge >= 0.3 is 5.97 Å². The molecule has 0 atom stereocenters. The summed E-state index contributed by atoms with van der Waals surface area (Å²) in [5.41, 5.74) is 2.56. The van der Waals surface area contributed by atoms with Gasteiger partial charge in [0.25, 0.3) is 0 Å². The molecule has 1 aliphatic rings. The van der Waals surface area contributed by atoms with Crippen molar-refractivity contribution >= 4 is 45.5 Å². The fourth-order valence-corrected chi connectivity index (χ4v) is 3.62. The summed E-state index contributed by atoms with van der Waals surface area (Å²) < 4.78 is 18.0. The number of hydrogen-bond donors (Lipinski definition) is 0. The number of benzene rings is 3. The van der Waals surface area contributed by atoms with Crippen LogP contribution in [0.5, 0.6) is 11.5 Å². The Bertz CT molecular complexity index is 1190. The normalized spacial score (nSPS) is 14.3. The number of ether oxygens (including phenoxy) is 3. The Morgan fingerprint density at radius 3 is 2.53 bits per heavy atom. The Kier molecular flexibility index (Phi) is 6.93. The van der Waals surface area contributed by atoms with Crippen LogP contribution in [0.4, 0.5) is 0 Å². The molecule has 3 aromatic carbocycles. The topological polar surface area (TPSA) is 57.1 Å². The fourth-order valence-electron chi connectivity index (χ4n) is 3.08. The molecule has 0 saturated heterocycles. The molecule has 0 fully saturated rings. The van der Waals surface area contributed by atoms with Crippen molar-refractivity contribution < 1.29 is 19.0 Å². The van der Waals surface area contributed by atoms with Gasteiger partial charge in [-0.05, 0) is 60.5 Å². The van der Waals surface area contributed by atoms with Crippen LogP contribution >= 0.6 is 27.5 Å². The number of cyclic esters (lactones) is 1. The minimum absolute atomic E-state index is 0.186. The zero-order valence-corrected chi connectivity index (χ0v) is 19.5. The molecule has 7 heteroatoms. The Labute approximate surface area is 199 Å². The van der Waals surface area contributed by atoms with Crippen molar-refractivity contribution in [3.63, 3.8) is 0 Å². The Morgan fingerprint density at radius 1 is 1.06 bits per heavy atom. The molecule has 0 N–H and O–H groups in total. The lowest BCUT2D eigenvalue weighted by molar-refractivity contribution is -0.129. The van der Waals surface area contributed by atoms with Gasteiger partial charge in [0.2, 0.25) is 5.90 Å². The summed E-state index contributed by atoms with van der Waals surface area (Å²) in [6.45, 7) is 2.65. The highest BCUT2D eigenvalue weighted by Crippen LogP contribution is 2.38. The molecule has 0 radical (unpaired) electrons. The molecule has 0 bridgehead atoms. The van der Waals surface area contributed by atoms with Gasteiger partial charge < -0.3 is 14.2 Å². The summed E-state index contributed by atoms with van der Waals surface area (Å²) in [6, 6.07) is 20.6. The van der Waals surface area contributed by atoms with E-state index in [1.165, 1.54) is 0 Å². The molecule has 162 valence electrons. The van der Waals surface area contributed by atoms with E-state index >= 15 is 0 Å². The minimum atomic E-state index is -0.520. The summed E-state index contributed by atoms with van der Waals surface area (Å²) in [6.07, 6.45) is 1.62. The van der Waals surface area contributed by atoms with E-state index in [4.69, 9.17) is 25.8 Å². The third-order valence-corrected chi connectivity index (χ3v) is 5.38. The van der Waals surface area contributed by atoms with E-state index in [1.54, 1.807) is 18.2 Å². The van der Waals surface area contributed by atoms with Gasteiger partial charge in [0.05, 0.1) is 11.6 Å². The number of halogens is 2. The van der Waals surface area contributed by atoms with Crippen molar-refractivity contribution in [3.8, 4) is 11.5 Å². The van der Waals surface area contributed by atoms with Crippen LogP contribution in [0.2, 0.25) is 5.02 Å². The maximum atomic E-state index is 12.3. The molecular weight excluding hydrogens is 494 g/mol. The van der Waals surface area contributed by atoms with Gasteiger partial charge in [0.1, 0.15) is 6.61 Å². The highest BCUT2D eigenvalue weighted by Gasteiger charge is 2.24. The summed E-state index contributed by atoms with van der Waals surface area (Å²) in [4.78, 5) is 16.6. The standard InChI is InChI=1S/C25H19BrClNO4/c1-2-30-22-14-17(12-20(27)23(22)31-15-16-8-10-19(26)11-9-16)13-21-25(29)32-24(28-21)18-6-4-3-5-7-18/h3-14H,2,15H2,1H3/b21-13-. The Hall–Kier alpha value is -3.09. The first-order valence-electron chi connectivity index (χ1n) is 9.95. The van der Waals surface area contributed by atoms with Crippen molar-refractivity contribution in [2.75, 3.05) is 6.61 Å². The van der Waals surface area contributed by atoms with E-state index in [0.717, 1.165) is 15.6 Å². The number of rotatable bonds is 7. The number of esters is 1. The lowest BCUT2D eigenvalue weighted by atomic mass is 10.1. The quantitative estimate of drug-likeness (QED) is 0.271. The second-order valence-corrected chi connectivity index (χ2v) is 8.20. The fraction of sp³-hybridized carbons (Fsp3) is 0.120. The van der Waals surface area contributed by atoms with Crippen LogP contribution in [0.3, 0.4) is 0 Å². The molecule has 0 amide bonds. The maximum Gasteiger partial charge on any atom is 0.363 e. The largest absolute Gasteiger partial charge is 0.490 e. The summed E-state index contributed by atoms with van der Waals surface area (Å²) >= 11 is 9.94. The van der Waals surface area contributed by atoms with Crippen molar-refractivity contribution in [1.29, 1.82) is 0 Å². The second kappa shape index (κ2) is 10.0. The third kappa shape index (κ3) is 5.21. The molecule has 1 aliphatic heterocycles. The maximum absolute atomic E-state index is 12.3. The third-order valence-electron chi connectivity index (χ3n) is 4.57. The first-order valence-corrected chi connectivity index (χ1v) is 11.1. The van der Waals surface area contributed by atoms with E-state index in [0.29, 0.717) is 35.3 Å². The predicted octanol–water partition coefficient (Wildman–Crippen LogP) is 6.42. The molecule has 5 nitrogen and oxygen atoms in total. The van der Waals surface area contributed by atoms with Gasteiger partial charge in [-0.25, -0.2) is 9.79 Å². The van der Waals surface area contributed by atoms with Crippen molar-refractivity contribution in [1.82, 2.24) is 0 Å². The number of hydrogen-bond acceptors (Lipinski definition) is 5. The first-order chi connectivity index (χ1) is 15.5. The van der Waals surface area contributed by atoms with Crippen LogP contribution in [-0.4, -0.2) is 18.5 Å². The number of nitrogens with zero attached hydrogens (tertiary/aromatic N) is 1. The van der Waals surface area contributed by atoms with Crippen LogP contribution in [0.15, 0.2) is 81.9 Å². The smallest absolute Gasteiger partial charge is 0.363 e. The summed E-state index contributed by atoms with van der Waals surface area (Å²) in [5.74, 6) is 0.685. The summed E-state index contributed by atoms with van der Waals surface area (Å²) in [7, 11) is 0.